The van der Waals surface area contributed by atoms with Gasteiger partial charge < -0.3 is 16.4 Å². The Morgan fingerprint density at radius 3 is 3.06 bits per heavy atom. The molecule has 0 radical (unpaired) electrons. The Morgan fingerprint density at radius 2 is 2.35 bits per heavy atom. The molecule has 2 atom stereocenters. The van der Waals surface area contributed by atoms with Gasteiger partial charge in [-0.05, 0) is 31.7 Å². The van der Waals surface area contributed by atoms with Crippen LogP contribution in [-0.4, -0.2) is 24.7 Å². The second kappa shape index (κ2) is 5.08. The number of thioether (sulfide) groups is 1. The smallest absolute Gasteiger partial charge is 0.237 e. The molecule has 2 unspecified atom stereocenters. The van der Waals surface area contributed by atoms with Gasteiger partial charge in [0.05, 0.1) is 10.9 Å². The first-order chi connectivity index (χ1) is 8.11. The molecule has 0 aromatic heterocycles. The zero-order valence-corrected chi connectivity index (χ0v) is 10.8. The fraction of sp³-hybridized carbons (Fsp3) is 0.417. The number of hydrogen-bond donors (Lipinski definition) is 3. The van der Waals surface area contributed by atoms with Gasteiger partial charge in [0, 0.05) is 17.5 Å². The van der Waals surface area contributed by atoms with Crippen LogP contribution in [0.15, 0.2) is 23.1 Å². The van der Waals surface area contributed by atoms with E-state index in [0.29, 0.717) is 0 Å². The maximum absolute atomic E-state index is 11.6. The zero-order chi connectivity index (χ0) is 12.4. The topological polar surface area (TPSA) is 67.2 Å². The van der Waals surface area contributed by atoms with Crippen molar-refractivity contribution in [3.8, 4) is 0 Å². The molecule has 0 spiro atoms. The number of fused-ring (bicyclic) bond motifs is 1. The summed E-state index contributed by atoms with van der Waals surface area (Å²) in [6, 6.07) is 5.97. The molecule has 1 aromatic rings. The van der Waals surface area contributed by atoms with Gasteiger partial charge in [-0.2, -0.15) is 0 Å². The summed E-state index contributed by atoms with van der Waals surface area (Å²) in [7, 11) is 1.87. The third-order valence-corrected chi connectivity index (χ3v) is 3.96. The van der Waals surface area contributed by atoms with Gasteiger partial charge in [0.2, 0.25) is 5.91 Å². The van der Waals surface area contributed by atoms with Crippen molar-refractivity contribution in [3.05, 3.63) is 23.8 Å². The van der Waals surface area contributed by atoms with E-state index in [-0.39, 0.29) is 17.2 Å². The van der Waals surface area contributed by atoms with Crippen molar-refractivity contribution in [1.82, 2.24) is 5.32 Å². The summed E-state index contributed by atoms with van der Waals surface area (Å²) < 4.78 is 0. The Hall–Kier alpha value is -1.04. The molecule has 5 heteroatoms. The Labute approximate surface area is 105 Å². The van der Waals surface area contributed by atoms with Gasteiger partial charge in [0.15, 0.2) is 0 Å². The Balaban J connectivity index is 2.25. The first kappa shape index (κ1) is 12.4. The van der Waals surface area contributed by atoms with E-state index in [2.05, 4.69) is 10.6 Å². The van der Waals surface area contributed by atoms with Crippen molar-refractivity contribution in [1.29, 1.82) is 0 Å². The number of carbonyl (C=O) groups excluding carboxylic acids is 1. The predicted molar refractivity (Wildman–Crippen MR) is 71.2 cm³/mol. The summed E-state index contributed by atoms with van der Waals surface area (Å²) in [5.41, 5.74) is 7.93. The quantitative estimate of drug-likeness (QED) is 0.758. The second-order valence-electron chi connectivity index (χ2n) is 4.17. The highest BCUT2D eigenvalue weighted by atomic mass is 32.2. The second-order valence-corrected chi connectivity index (χ2v) is 5.55. The van der Waals surface area contributed by atoms with Crippen molar-refractivity contribution in [2.75, 3.05) is 18.9 Å². The molecule has 17 heavy (non-hydrogen) atoms. The van der Waals surface area contributed by atoms with E-state index in [1.165, 1.54) is 0 Å². The highest BCUT2D eigenvalue weighted by molar-refractivity contribution is 8.00. The van der Waals surface area contributed by atoms with Crippen LogP contribution in [0.5, 0.6) is 0 Å². The summed E-state index contributed by atoms with van der Waals surface area (Å²) in [5, 5.41) is 5.93. The molecule has 1 aliphatic rings. The van der Waals surface area contributed by atoms with E-state index in [1.807, 2.05) is 32.2 Å². The monoisotopic (exact) mass is 251 g/mol. The average Bonchev–Trinajstić information content (AvgIpc) is 2.30. The van der Waals surface area contributed by atoms with Crippen LogP contribution >= 0.6 is 11.8 Å². The van der Waals surface area contributed by atoms with Gasteiger partial charge in [0.25, 0.3) is 0 Å². The number of benzene rings is 1. The molecule has 0 saturated carbocycles. The Bertz CT molecular complexity index is 436. The maximum atomic E-state index is 11.6. The minimum absolute atomic E-state index is 0.0284. The number of rotatable bonds is 3. The molecule has 4 nitrogen and oxygen atoms in total. The number of likely N-dealkylation sites (N-methyl/N-ethyl adjacent to an activating group) is 1. The molecule has 1 aliphatic heterocycles. The maximum Gasteiger partial charge on any atom is 0.237 e. The molecular formula is C12H17N3OS. The third kappa shape index (κ3) is 2.62. The first-order valence-corrected chi connectivity index (χ1v) is 6.51. The van der Waals surface area contributed by atoms with Crippen LogP contribution in [-0.2, 0) is 4.79 Å². The van der Waals surface area contributed by atoms with Crippen molar-refractivity contribution in [3.63, 3.8) is 0 Å². The SMILES string of the molecule is CNCC(N)c1ccc2c(c1)NC(=O)C(C)S2. The van der Waals surface area contributed by atoms with Gasteiger partial charge in [-0.25, -0.2) is 0 Å². The van der Waals surface area contributed by atoms with E-state index in [1.54, 1.807) is 11.8 Å². The predicted octanol–water partition coefficient (Wildman–Crippen LogP) is 1.34. The van der Waals surface area contributed by atoms with E-state index in [0.717, 1.165) is 22.7 Å². The van der Waals surface area contributed by atoms with E-state index in [9.17, 15) is 4.79 Å². The number of nitrogens with two attached hydrogens (primary N) is 1. The van der Waals surface area contributed by atoms with E-state index in [4.69, 9.17) is 5.73 Å². The van der Waals surface area contributed by atoms with Gasteiger partial charge in [-0.15, -0.1) is 11.8 Å². The van der Waals surface area contributed by atoms with Crippen molar-refractivity contribution >= 4 is 23.4 Å². The minimum atomic E-state index is -0.0495. The molecule has 92 valence electrons. The Kier molecular flexibility index (Phi) is 3.71. The minimum Gasteiger partial charge on any atom is -0.324 e. The lowest BCUT2D eigenvalue weighted by Crippen LogP contribution is -2.27. The van der Waals surface area contributed by atoms with Crippen molar-refractivity contribution in [2.45, 2.75) is 23.1 Å². The zero-order valence-electron chi connectivity index (χ0n) is 9.99. The van der Waals surface area contributed by atoms with Crippen molar-refractivity contribution in [2.24, 2.45) is 5.73 Å². The van der Waals surface area contributed by atoms with Crippen molar-refractivity contribution < 1.29 is 4.79 Å². The van der Waals surface area contributed by atoms with Gasteiger partial charge in [-0.1, -0.05) is 6.07 Å². The molecule has 0 aliphatic carbocycles. The fourth-order valence-electron chi connectivity index (χ4n) is 1.79. The molecule has 1 amide bonds. The van der Waals surface area contributed by atoms with Crippen LogP contribution in [0.4, 0.5) is 5.69 Å². The van der Waals surface area contributed by atoms with E-state index >= 15 is 0 Å². The molecule has 1 heterocycles. The molecule has 0 saturated heterocycles. The summed E-state index contributed by atoms with van der Waals surface area (Å²) in [6.45, 7) is 2.62. The van der Waals surface area contributed by atoms with Crippen LogP contribution in [0.25, 0.3) is 0 Å². The summed E-state index contributed by atoms with van der Waals surface area (Å²) in [6.07, 6.45) is 0. The largest absolute Gasteiger partial charge is 0.324 e. The van der Waals surface area contributed by atoms with Crippen LogP contribution in [0.3, 0.4) is 0 Å². The fourth-order valence-corrected chi connectivity index (χ4v) is 2.73. The number of nitrogens with one attached hydrogen (secondary N) is 2. The van der Waals surface area contributed by atoms with E-state index < -0.39 is 0 Å². The normalized spacial score (nSPS) is 20.6. The van der Waals surface area contributed by atoms with Crippen LogP contribution in [0, 0.1) is 0 Å². The summed E-state index contributed by atoms with van der Waals surface area (Å²) >= 11 is 1.59. The molecular weight excluding hydrogens is 234 g/mol. The number of anilines is 1. The molecule has 0 fully saturated rings. The molecule has 0 bridgehead atoms. The van der Waals surface area contributed by atoms with Crippen LogP contribution < -0.4 is 16.4 Å². The summed E-state index contributed by atoms with van der Waals surface area (Å²) in [5.74, 6) is 0.0573. The number of carbonyl (C=O) groups is 1. The lowest BCUT2D eigenvalue weighted by Gasteiger charge is -2.23. The molecule has 1 aromatic carbocycles. The third-order valence-electron chi connectivity index (χ3n) is 2.79. The summed E-state index contributed by atoms with van der Waals surface area (Å²) in [4.78, 5) is 12.7. The highest BCUT2D eigenvalue weighted by Gasteiger charge is 2.23. The first-order valence-electron chi connectivity index (χ1n) is 5.63. The lowest BCUT2D eigenvalue weighted by atomic mass is 10.1. The average molecular weight is 251 g/mol. The van der Waals surface area contributed by atoms with Crippen LogP contribution in [0.1, 0.15) is 18.5 Å². The number of amides is 1. The lowest BCUT2D eigenvalue weighted by molar-refractivity contribution is -0.115. The van der Waals surface area contributed by atoms with Crippen LogP contribution in [0.2, 0.25) is 0 Å². The molecule has 4 N–H and O–H groups in total. The van der Waals surface area contributed by atoms with Gasteiger partial charge in [0.1, 0.15) is 0 Å². The standard InChI is InChI=1S/C12H17N3OS/c1-7-12(16)15-10-5-8(9(13)6-14-2)3-4-11(10)17-7/h3-5,7,9,14H,6,13H2,1-2H3,(H,15,16). The van der Waals surface area contributed by atoms with Gasteiger partial charge >= 0.3 is 0 Å². The molecule has 2 rings (SSSR count). The van der Waals surface area contributed by atoms with Gasteiger partial charge in [-0.3, -0.25) is 4.79 Å². The number of hydrogen-bond acceptors (Lipinski definition) is 4. The Morgan fingerprint density at radius 1 is 1.59 bits per heavy atom. The highest BCUT2D eigenvalue weighted by Crippen LogP contribution is 2.36.